The molecule has 7 heteroatoms. The summed E-state index contributed by atoms with van der Waals surface area (Å²) in [5.41, 5.74) is 2.35. The predicted molar refractivity (Wildman–Crippen MR) is 104 cm³/mol. The number of rotatable bonds is 6. The number of anilines is 1. The Balaban J connectivity index is 2.67. The number of hydrogen-bond donors (Lipinski definition) is 0. The minimum atomic E-state index is -3.94. The summed E-state index contributed by atoms with van der Waals surface area (Å²) in [7, 11) is -2.51. The van der Waals surface area contributed by atoms with Crippen molar-refractivity contribution in [2.24, 2.45) is 0 Å². The van der Waals surface area contributed by atoms with Crippen LogP contribution in [0.25, 0.3) is 0 Å². The summed E-state index contributed by atoms with van der Waals surface area (Å²) in [6.07, 6.45) is 1.53. The fourth-order valence-electron chi connectivity index (χ4n) is 2.42. The van der Waals surface area contributed by atoms with Crippen LogP contribution in [0.5, 0.6) is 5.75 Å². The molecule has 2 aromatic rings. The minimum absolute atomic E-state index is 0.0600. The molecule has 2 aromatic carbocycles. The molecular weight excluding hydrogens is 381 g/mol. The molecule has 0 aromatic heterocycles. The van der Waals surface area contributed by atoms with Crippen LogP contribution in [-0.2, 0) is 10.0 Å². The van der Waals surface area contributed by atoms with Crippen molar-refractivity contribution in [2.45, 2.75) is 18.7 Å². The molecule has 0 bridgehead atoms. The van der Waals surface area contributed by atoms with Crippen LogP contribution >= 0.6 is 23.2 Å². The number of nitrogens with zero attached hydrogens (tertiary/aromatic N) is 1. The van der Waals surface area contributed by atoms with E-state index in [0.29, 0.717) is 11.4 Å². The van der Waals surface area contributed by atoms with Crippen molar-refractivity contribution in [1.82, 2.24) is 0 Å². The highest BCUT2D eigenvalue weighted by atomic mass is 35.5. The number of aryl methyl sites for hydroxylation is 2. The summed E-state index contributed by atoms with van der Waals surface area (Å²) in [6.45, 7) is 7.52. The van der Waals surface area contributed by atoms with E-state index in [0.717, 1.165) is 11.1 Å². The van der Waals surface area contributed by atoms with E-state index in [2.05, 4.69) is 6.58 Å². The van der Waals surface area contributed by atoms with E-state index in [1.165, 1.54) is 29.6 Å². The molecule has 0 heterocycles. The van der Waals surface area contributed by atoms with Gasteiger partial charge >= 0.3 is 0 Å². The van der Waals surface area contributed by atoms with Gasteiger partial charge in [0.05, 0.1) is 24.4 Å². The lowest BCUT2D eigenvalue weighted by Gasteiger charge is -2.26. The molecule has 0 amide bonds. The topological polar surface area (TPSA) is 46.6 Å². The van der Waals surface area contributed by atoms with Crippen molar-refractivity contribution in [3.05, 3.63) is 64.2 Å². The highest BCUT2D eigenvalue weighted by Gasteiger charge is 2.29. The molecule has 0 unspecified atom stereocenters. The first kappa shape index (κ1) is 19.6. The molecule has 0 saturated carbocycles. The zero-order valence-electron chi connectivity index (χ0n) is 14.2. The molecule has 134 valence electrons. The summed E-state index contributed by atoms with van der Waals surface area (Å²) in [5, 5.41) is -0.00913. The quantitative estimate of drug-likeness (QED) is 0.641. The maximum absolute atomic E-state index is 13.3. The van der Waals surface area contributed by atoms with E-state index in [1.807, 2.05) is 32.0 Å². The summed E-state index contributed by atoms with van der Waals surface area (Å²) in [4.78, 5) is -0.0808. The van der Waals surface area contributed by atoms with Crippen molar-refractivity contribution in [2.75, 3.05) is 18.0 Å². The Hall–Kier alpha value is -1.69. The molecule has 0 saturated heterocycles. The average Bonchev–Trinajstić information content (AvgIpc) is 2.57. The summed E-state index contributed by atoms with van der Waals surface area (Å²) < 4.78 is 32.9. The van der Waals surface area contributed by atoms with Gasteiger partial charge < -0.3 is 4.74 Å². The molecular formula is C18H19Cl2NO3S. The lowest BCUT2D eigenvalue weighted by molar-refractivity contribution is 0.414. The molecule has 4 nitrogen and oxygen atoms in total. The molecule has 0 radical (unpaired) electrons. The number of benzene rings is 2. The van der Waals surface area contributed by atoms with Gasteiger partial charge in [0.2, 0.25) is 0 Å². The maximum Gasteiger partial charge on any atom is 0.266 e. The predicted octanol–water partition coefficient (Wildman–Crippen LogP) is 5.00. The molecule has 0 aliphatic heterocycles. The van der Waals surface area contributed by atoms with Gasteiger partial charge in [0, 0.05) is 0 Å². The highest BCUT2D eigenvalue weighted by Crippen LogP contribution is 2.39. The van der Waals surface area contributed by atoms with Gasteiger partial charge in [-0.3, -0.25) is 4.31 Å². The standard InChI is InChI=1S/C18H19Cl2NO3S/c1-5-10-21(14-11-12(2)6-7-13(14)3)25(22,23)16-9-8-15(24-4)17(19)18(16)20/h5-9,11H,1,10H2,2-4H3. The third kappa shape index (κ3) is 3.78. The first-order valence-corrected chi connectivity index (χ1v) is 9.66. The third-order valence-electron chi connectivity index (χ3n) is 3.73. The van der Waals surface area contributed by atoms with Crippen LogP contribution in [0.3, 0.4) is 0 Å². The number of sulfonamides is 1. The fourth-order valence-corrected chi connectivity index (χ4v) is 4.73. The van der Waals surface area contributed by atoms with E-state index in [1.54, 1.807) is 0 Å². The van der Waals surface area contributed by atoms with Gasteiger partial charge in [-0.05, 0) is 43.2 Å². The smallest absolute Gasteiger partial charge is 0.266 e. The van der Waals surface area contributed by atoms with E-state index >= 15 is 0 Å². The van der Waals surface area contributed by atoms with Crippen molar-refractivity contribution in [1.29, 1.82) is 0 Å². The van der Waals surface area contributed by atoms with Crippen LogP contribution in [0.15, 0.2) is 47.9 Å². The van der Waals surface area contributed by atoms with Gasteiger partial charge in [0.1, 0.15) is 15.7 Å². The Kier molecular flexibility index (Phi) is 6.03. The largest absolute Gasteiger partial charge is 0.495 e. The summed E-state index contributed by atoms with van der Waals surface area (Å²) in [5.74, 6) is 0.313. The second-order valence-electron chi connectivity index (χ2n) is 5.51. The number of methoxy groups -OCH3 is 1. The van der Waals surface area contributed by atoms with E-state index in [9.17, 15) is 8.42 Å². The molecule has 0 fully saturated rings. The lowest BCUT2D eigenvalue weighted by atomic mass is 10.1. The van der Waals surface area contributed by atoms with Crippen LogP contribution in [0.4, 0.5) is 5.69 Å². The van der Waals surface area contributed by atoms with Crippen molar-refractivity contribution in [3.63, 3.8) is 0 Å². The molecule has 0 atom stereocenters. The van der Waals surface area contributed by atoms with Crippen molar-refractivity contribution in [3.8, 4) is 5.75 Å². The second kappa shape index (κ2) is 7.68. The van der Waals surface area contributed by atoms with Crippen molar-refractivity contribution < 1.29 is 13.2 Å². The number of hydrogen-bond acceptors (Lipinski definition) is 3. The van der Waals surface area contributed by atoms with Gasteiger partial charge in [-0.25, -0.2) is 8.42 Å². The molecule has 25 heavy (non-hydrogen) atoms. The Morgan fingerprint density at radius 3 is 2.44 bits per heavy atom. The normalized spacial score (nSPS) is 11.2. The second-order valence-corrected chi connectivity index (χ2v) is 8.10. The molecule has 0 aliphatic rings. The van der Waals surface area contributed by atoms with Gasteiger partial charge in [-0.2, -0.15) is 0 Å². The van der Waals surface area contributed by atoms with Crippen LogP contribution in [0, 0.1) is 13.8 Å². The molecule has 2 rings (SSSR count). The van der Waals surface area contributed by atoms with Gasteiger partial charge in [0.25, 0.3) is 10.0 Å². The lowest BCUT2D eigenvalue weighted by Crippen LogP contribution is -2.32. The Labute approximate surface area is 158 Å². The monoisotopic (exact) mass is 399 g/mol. The number of halogens is 2. The van der Waals surface area contributed by atoms with Gasteiger partial charge in [-0.1, -0.05) is 41.4 Å². The van der Waals surface area contributed by atoms with Gasteiger partial charge in [-0.15, -0.1) is 6.58 Å². The van der Waals surface area contributed by atoms with Crippen molar-refractivity contribution >= 4 is 38.9 Å². The molecule has 0 N–H and O–H groups in total. The van der Waals surface area contributed by atoms with Crippen LogP contribution in [0.1, 0.15) is 11.1 Å². The summed E-state index contributed by atoms with van der Waals surface area (Å²) in [6, 6.07) is 8.49. The SMILES string of the molecule is C=CCN(c1cc(C)ccc1C)S(=O)(=O)c1ccc(OC)c(Cl)c1Cl. The highest BCUT2D eigenvalue weighted by molar-refractivity contribution is 7.93. The van der Waals surface area contributed by atoms with Crippen LogP contribution < -0.4 is 9.04 Å². The molecule has 0 spiro atoms. The molecule has 0 aliphatic carbocycles. The Bertz CT molecular complexity index is 911. The Morgan fingerprint density at radius 1 is 1.16 bits per heavy atom. The average molecular weight is 400 g/mol. The number of ether oxygens (including phenoxy) is 1. The first-order valence-electron chi connectivity index (χ1n) is 7.47. The van der Waals surface area contributed by atoms with E-state index in [-0.39, 0.29) is 21.5 Å². The van der Waals surface area contributed by atoms with E-state index in [4.69, 9.17) is 27.9 Å². The third-order valence-corrected chi connectivity index (χ3v) is 6.53. The van der Waals surface area contributed by atoms with E-state index < -0.39 is 10.0 Å². The maximum atomic E-state index is 13.3. The first-order chi connectivity index (χ1) is 11.7. The van der Waals surface area contributed by atoms with Gasteiger partial charge in [0.15, 0.2) is 0 Å². The Morgan fingerprint density at radius 2 is 1.84 bits per heavy atom. The van der Waals surface area contributed by atoms with Crippen LogP contribution in [0.2, 0.25) is 10.0 Å². The fraction of sp³-hybridized carbons (Fsp3) is 0.222. The van der Waals surface area contributed by atoms with Crippen LogP contribution in [-0.4, -0.2) is 22.1 Å². The summed E-state index contributed by atoms with van der Waals surface area (Å²) >= 11 is 12.3. The minimum Gasteiger partial charge on any atom is -0.495 e. The zero-order chi connectivity index (χ0) is 18.8. The zero-order valence-corrected chi connectivity index (χ0v) is 16.5.